The van der Waals surface area contributed by atoms with Crippen LogP contribution in [0.15, 0.2) is 18.2 Å². The van der Waals surface area contributed by atoms with Crippen LogP contribution in [0.1, 0.15) is 24.2 Å². The Labute approximate surface area is 104 Å². The molecule has 0 aromatic heterocycles. The van der Waals surface area contributed by atoms with Gasteiger partial charge in [-0.25, -0.2) is 9.59 Å². The molecule has 0 aliphatic heterocycles. The first-order valence-corrected chi connectivity index (χ1v) is 5.11. The lowest BCUT2D eigenvalue weighted by atomic mass is 10.1. The maximum atomic E-state index is 10.9. The molecule has 0 radical (unpaired) electrons. The summed E-state index contributed by atoms with van der Waals surface area (Å²) >= 11 is 0. The Kier molecular flexibility index (Phi) is 3.80. The number of methoxy groups -OCH3 is 1. The van der Waals surface area contributed by atoms with E-state index in [4.69, 9.17) is 19.7 Å². The molecule has 0 heterocycles. The number of hydrogen-bond acceptors (Lipinski definition) is 4. The minimum Gasteiger partial charge on any atom is -0.493 e. The van der Waals surface area contributed by atoms with Crippen LogP contribution in [0.2, 0.25) is 0 Å². The zero-order valence-corrected chi connectivity index (χ0v) is 10.3. The molecule has 0 saturated carbocycles. The van der Waals surface area contributed by atoms with E-state index < -0.39 is 17.5 Å². The van der Waals surface area contributed by atoms with Gasteiger partial charge in [-0.1, -0.05) is 0 Å². The second-order valence-corrected chi connectivity index (χ2v) is 4.09. The van der Waals surface area contributed by atoms with E-state index >= 15 is 0 Å². The highest BCUT2D eigenvalue weighted by atomic mass is 16.5. The Balaban J connectivity index is 3.11. The van der Waals surface area contributed by atoms with Crippen molar-refractivity contribution in [2.24, 2.45) is 0 Å². The van der Waals surface area contributed by atoms with Crippen LogP contribution in [0, 0.1) is 0 Å². The fourth-order valence-electron chi connectivity index (χ4n) is 1.20. The fourth-order valence-corrected chi connectivity index (χ4v) is 1.20. The van der Waals surface area contributed by atoms with Gasteiger partial charge >= 0.3 is 11.9 Å². The van der Waals surface area contributed by atoms with E-state index in [1.807, 2.05) is 0 Å². The van der Waals surface area contributed by atoms with Gasteiger partial charge in [0, 0.05) is 0 Å². The molecule has 1 rings (SSSR count). The van der Waals surface area contributed by atoms with E-state index in [2.05, 4.69) is 0 Å². The van der Waals surface area contributed by atoms with Gasteiger partial charge in [-0.05, 0) is 32.0 Å². The molecular weight excluding hydrogens is 240 g/mol. The SMILES string of the molecule is COc1cc(C(=O)O)ccc1OC(C)(C)C(=O)O. The summed E-state index contributed by atoms with van der Waals surface area (Å²) in [6.45, 7) is 2.78. The standard InChI is InChI=1S/C12H14O6/c1-12(2,11(15)16)18-8-5-4-7(10(13)14)6-9(8)17-3/h4-6H,1-3H3,(H,13,14)(H,15,16). The van der Waals surface area contributed by atoms with Gasteiger partial charge in [-0.15, -0.1) is 0 Å². The topological polar surface area (TPSA) is 93.1 Å². The molecule has 0 unspecified atom stereocenters. The van der Waals surface area contributed by atoms with Crippen molar-refractivity contribution in [3.8, 4) is 11.5 Å². The van der Waals surface area contributed by atoms with Gasteiger partial charge in [-0.3, -0.25) is 0 Å². The lowest BCUT2D eigenvalue weighted by Gasteiger charge is -2.22. The van der Waals surface area contributed by atoms with Crippen LogP contribution in [0.25, 0.3) is 0 Å². The molecule has 0 saturated heterocycles. The van der Waals surface area contributed by atoms with Gasteiger partial charge in [0.25, 0.3) is 0 Å². The van der Waals surface area contributed by atoms with Crippen molar-refractivity contribution in [1.82, 2.24) is 0 Å². The summed E-state index contributed by atoms with van der Waals surface area (Å²) in [7, 11) is 1.35. The van der Waals surface area contributed by atoms with Crippen LogP contribution >= 0.6 is 0 Å². The second kappa shape index (κ2) is 4.95. The maximum Gasteiger partial charge on any atom is 0.347 e. The van der Waals surface area contributed by atoms with E-state index in [1.165, 1.54) is 39.2 Å². The van der Waals surface area contributed by atoms with Crippen LogP contribution in [0.4, 0.5) is 0 Å². The van der Waals surface area contributed by atoms with Crippen LogP contribution in [-0.2, 0) is 4.79 Å². The Morgan fingerprint density at radius 2 is 1.78 bits per heavy atom. The van der Waals surface area contributed by atoms with Crippen LogP contribution in [0.5, 0.6) is 11.5 Å². The molecule has 98 valence electrons. The van der Waals surface area contributed by atoms with Crippen LogP contribution in [-0.4, -0.2) is 34.9 Å². The fraction of sp³-hybridized carbons (Fsp3) is 0.333. The molecule has 0 spiro atoms. The molecule has 6 heteroatoms. The third kappa shape index (κ3) is 2.91. The Morgan fingerprint density at radius 1 is 1.17 bits per heavy atom. The lowest BCUT2D eigenvalue weighted by Crippen LogP contribution is -2.38. The number of carbonyl (C=O) groups is 2. The predicted molar refractivity (Wildman–Crippen MR) is 62.3 cm³/mol. The average Bonchev–Trinajstić information content (AvgIpc) is 2.28. The largest absolute Gasteiger partial charge is 0.493 e. The number of aromatic carboxylic acids is 1. The van der Waals surface area contributed by atoms with Gasteiger partial charge in [-0.2, -0.15) is 0 Å². The normalized spacial score (nSPS) is 10.8. The molecule has 0 amide bonds. The number of carboxylic acids is 2. The smallest absolute Gasteiger partial charge is 0.347 e. The van der Waals surface area contributed by atoms with Gasteiger partial charge in [0.05, 0.1) is 12.7 Å². The molecule has 0 bridgehead atoms. The lowest BCUT2D eigenvalue weighted by molar-refractivity contribution is -0.152. The molecular formula is C12H14O6. The van der Waals surface area contributed by atoms with Crippen molar-refractivity contribution in [2.45, 2.75) is 19.4 Å². The number of aliphatic carboxylic acids is 1. The van der Waals surface area contributed by atoms with Crippen molar-refractivity contribution in [3.63, 3.8) is 0 Å². The third-order valence-corrected chi connectivity index (χ3v) is 2.29. The number of carboxylic acid groups (broad SMARTS) is 2. The number of rotatable bonds is 5. The molecule has 2 N–H and O–H groups in total. The van der Waals surface area contributed by atoms with E-state index in [0.717, 1.165) is 0 Å². The minimum absolute atomic E-state index is 0.0346. The molecule has 0 atom stereocenters. The second-order valence-electron chi connectivity index (χ2n) is 4.09. The molecule has 0 fully saturated rings. The van der Waals surface area contributed by atoms with Crippen molar-refractivity contribution in [3.05, 3.63) is 23.8 Å². The number of hydrogen-bond donors (Lipinski definition) is 2. The summed E-state index contributed by atoms with van der Waals surface area (Å²) in [5, 5.41) is 17.8. The molecule has 0 aliphatic carbocycles. The molecule has 18 heavy (non-hydrogen) atoms. The predicted octanol–water partition coefficient (Wildman–Crippen LogP) is 1.64. The summed E-state index contributed by atoms with van der Waals surface area (Å²) in [5.74, 6) is -1.89. The van der Waals surface area contributed by atoms with E-state index in [1.54, 1.807) is 0 Å². The van der Waals surface area contributed by atoms with Crippen molar-refractivity contribution in [2.75, 3.05) is 7.11 Å². The summed E-state index contributed by atoms with van der Waals surface area (Å²) < 4.78 is 10.3. The van der Waals surface area contributed by atoms with Crippen molar-refractivity contribution < 1.29 is 29.3 Å². The quantitative estimate of drug-likeness (QED) is 0.829. The Hall–Kier alpha value is -2.24. The average molecular weight is 254 g/mol. The highest BCUT2D eigenvalue weighted by molar-refractivity contribution is 5.88. The van der Waals surface area contributed by atoms with E-state index in [0.29, 0.717) is 0 Å². The first kappa shape index (κ1) is 13.8. The van der Waals surface area contributed by atoms with Gasteiger partial charge in [0.15, 0.2) is 17.1 Å². The molecule has 1 aromatic carbocycles. The first-order chi connectivity index (χ1) is 8.27. The van der Waals surface area contributed by atoms with Gasteiger partial charge < -0.3 is 19.7 Å². The number of ether oxygens (including phenoxy) is 2. The minimum atomic E-state index is -1.43. The van der Waals surface area contributed by atoms with Crippen LogP contribution < -0.4 is 9.47 Å². The van der Waals surface area contributed by atoms with Crippen molar-refractivity contribution >= 4 is 11.9 Å². The van der Waals surface area contributed by atoms with Crippen molar-refractivity contribution in [1.29, 1.82) is 0 Å². The highest BCUT2D eigenvalue weighted by Gasteiger charge is 2.30. The first-order valence-electron chi connectivity index (χ1n) is 5.11. The Bertz CT molecular complexity index is 477. The van der Waals surface area contributed by atoms with E-state index in [9.17, 15) is 9.59 Å². The zero-order valence-electron chi connectivity index (χ0n) is 10.3. The maximum absolute atomic E-state index is 10.9. The van der Waals surface area contributed by atoms with Crippen LogP contribution in [0.3, 0.4) is 0 Å². The van der Waals surface area contributed by atoms with Gasteiger partial charge in [0.1, 0.15) is 0 Å². The Morgan fingerprint density at radius 3 is 2.22 bits per heavy atom. The highest BCUT2D eigenvalue weighted by Crippen LogP contribution is 2.31. The van der Waals surface area contributed by atoms with Gasteiger partial charge in [0.2, 0.25) is 0 Å². The molecule has 0 aliphatic rings. The third-order valence-electron chi connectivity index (χ3n) is 2.29. The molecule has 6 nitrogen and oxygen atoms in total. The summed E-state index contributed by atoms with van der Waals surface area (Å²) in [5.41, 5.74) is -1.40. The summed E-state index contributed by atoms with van der Waals surface area (Å²) in [6.07, 6.45) is 0. The zero-order chi connectivity index (χ0) is 13.9. The van der Waals surface area contributed by atoms with E-state index in [-0.39, 0.29) is 17.1 Å². The molecule has 1 aromatic rings. The summed E-state index contributed by atoms with van der Waals surface area (Å²) in [4.78, 5) is 21.7. The monoisotopic (exact) mass is 254 g/mol. The number of benzene rings is 1. The summed E-state index contributed by atoms with van der Waals surface area (Å²) in [6, 6.07) is 3.96.